The van der Waals surface area contributed by atoms with Gasteiger partial charge in [0.25, 0.3) is 0 Å². The Morgan fingerprint density at radius 2 is 1.90 bits per heavy atom. The maximum absolute atomic E-state index is 8.99. The van der Waals surface area contributed by atoms with Gasteiger partial charge in [0.05, 0.1) is 0 Å². The average molecular weight is 147 g/mol. The molecule has 0 bridgehead atoms. The van der Waals surface area contributed by atoms with Crippen LogP contribution in [0, 0.1) is 0 Å². The Morgan fingerprint density at radius 3 is 2.30 bits per heavy atom. The van der Waals surface area contributed by atoms with Gasteiger partial charge in [-0.15, -0.1) is 0 Å². The molecule has 0 atom stereocenters. The molecule has 0 aromatic heterocycles. The van der Waals surface area contributed by atoms with E-state index >= 15 is 0 Å². The molecule has 62 valence electrons. The molecule has 0 spiro atoms. The Hall–Kier alpha value is -0.120. The molecule has 0 radical (unpaired) electrons. The molecule has 0 fully saturated rings. The molecule has 3 nitrogen and oxygen atoms in total. The van der Waals surface area contributed by atoms with Crippen LogP contribution in [-0.4, -0.2) is 22.7 Å². The molecule has 0 heterocycles. The summed E-state index contributed by atoms with van der Waals surface area (Å²) in [4.78, 5) is 0. The predicted octanol–water partition coefficient (Wildman–Crippen LogP) is 0.424. The van der Waals surface area contributed by atoms with Crippen molar-refractivity contribution in [2.45, 2.75) is 39.0 Å². The zero-order valence-electron chi connectivity index (χ0n) is 6.72. The highest BCUT2D eigenvalue weighted by Crippen LogP contribution is 1.99. The van der Waals surface area contributed by atoms with Crippen LogP contribution in [0.3, 0.4) is 0 Å². The molecular formula is C7H17NO2. The highest BCUT2D eigenvalue weighted by Gasteiger charge is 2.17. The molecule has 3 N–H and O–H groups in total. The molecule has 0 aromatic carbocycles. The van der Waals surface area contributed by atoms with Gasteiger partial charge in [0.1, 0.15) is 0 Å². The number of hydrogen-bond acceptors (Lipinski definition) is 3. The fraction of sp³-hybridized carbons (Fsp3) is 1.00. The number of aliphatic hydroxyl groups is 2. The first-order valence-corrected chi connectivity index (χ1v) is 3.82. The summed E-state index contributed by atoms with van der Waals surface area (Å²) in [5.41, 5.74) is 0. The van der Waals surface area contributed by atoms with Gasteiger partial charge in [-0.2, -0.15) is 0 Å². The molecular weight excluding hydrogens is 130 g/mol. The van der Waals surface area contributed by atoms with E-state index in [0.717, 1.165) is 12.8 Å². The molecule has 0 aliphatic rings. The van der Waals surface area contributed by atoms with E-state index in [1.807, 2.05) is 0 Å². The first-order valence-electron chi connectivity index (χ1n) is 3.82. The van der Waals surface area contributed by atoms with Crippen LogP contribution in [0.5, 0.6) is 0 Å². The SMILES string of the molecule is CCCCNC(O)(O)CC. The third kappa shape index (κ3) is 4.73. The van der Waals surface area contributed by atoms with Crippen molar-refractivity contribution >= 4 is 0 Å². The Labute approximate surface area is 62.1 Å². The summed E-state index contributed by atoms with van der Waals surface area (Å²) in [5.74, 6) is -1.66. The lowest BCUT2D eigenvalue weighted by Gasteiger charge is -2.20. The first-order chi connectivity index (χ1) is 4.62. The second-order valence-corrected chi connectivity index (χ2v) is 2.45. The summed E-state index contributed by atoms with van der Waals surface area (Å²) in [5, 5.41) is 20.6. The summed E-state index contributed by atoms with van der Waals surface area (Å²) in [6.45, 7) is 4.44. The molecule has 10 heavy (non-hydrogen) atoms. The number of unbranched alkanes of at least 4 members (excludes halogenated alkanes) is 1. The Balaban J connectivity index is 3.28. The van der Waals surface area contributed by atoms with Crippen molar-refractivity contribution in [3.8, 4) is 0 Å². The second kappa shape index (κ2) is 4.66. The van der Waals surface area contributed by atoms with E-state index in [-0.39, 0.29) is 0 Å². The lowest BCUT2D eigenvalue weighted by Crippen LogP contribution is -2.44. The summed E-state index contributed by atoms with van der Waals surface area (Å²) in [6, 6.07) is 0. The molecule has 0 saturated heterocycles. The molecule has 0 unspecified atom stereocenters. The highest BCUT2D eigenvalue weighted by atomic mass is 16.5. The molecule has 3 heteroatoms. The van der Waals surface area contributed by atoms with Crippen LogP contribution in [0.2, 0.25) is 0 Å². The number of nitrogens with one attached hydrogen (secondary N) is 1. The zero-order chi connectivity index (χ0) is 8.04. The standard InChI is InChI=1S/C7H17NO2/c1-3-5-6-8-7(9,10)4-2/h8-10H,3-6H2,1-2H3. The summed E-state index contributed by atoms with van der Waals surface area (Å²) in [6.07, 6.45) is 2.35. The fourth-order valence-electron chi connectivity index (χ4n) is 0.590. The fourth-order valence-corrected chi connectivity index (χ4v) is 0.590. The third-order valence-corrected chi connectivity index (χ3v) is 1.43. The van der Waals surface area contributed by atoms with Gasteiger partial charge in [0.2, 0.25) is 5.91 Å². The van der Waals surface area contributed by atoms with Gasteiger partial charge in [0, 0.05) is 13.0 Å². The van der Waals surface area contributed by atoms with Crippen LogP contribution in [0.4, 0.5) is 0 Å². The van der Waals surface area contributed by atoms with E-state index in [1.165, 1.54) is 0 Å². The van der Waals surface area contributed by atoms with E-state index in [1.54, 1.807) is 6.92 Å². The number of hydrogen-bond donors (Lipinski definition) is 3. The summed E-state index contributed by atoms with van der Waals surface area (Å²) < 4.78 is 0. The van der Waals surface area contributed by atoms with Gasteiger partial charge in [-0.3, -0.25) is 5.32 Å². The van der Waals surface area contributed by atoms with Crippen LogP contribution >= 0.6 is 0 Å². The Morgan fingerprint density at radius 1 is 1.30 bits per heavy atom. The van der Waals surface area contributed by atoms with Crippen molar-refractivity contribution in [2.24, 2.45) is 0 Å². The van der Waals surface area contributed by atoms with Crippen molar-refractivity contribution in [1.82, 2.24) is 5.32 Å². The monoisotopic (exact) mass is 147 g/mol. The van der Waals surface area contributed by atoms with E-state index in [0.29, 0.717) is 13.0 Å². The minimum Gasteiger partial charge on any atom is -0.353 e. The predicted molar refractivity (Wildman–Crippen MR) is 40.4 cm³/mol. The van der Waals surface area contributed by atoms with Gasteiger partial charge < -0.3 is 10.2 Å². The van der Waals surface area contributed by atoms with Gasteiger partial charge in [-0.1, -0.05) is 20.3 Å². The Kier molecular flexibility index (Phi) is 4.60. The van der Waals surface area contributed by atoms with Gasteiger partial charge >= 0.3 is 0 Å². The zero-order valence-corrected chi connectivity index (χ0v) is 6.72. The molecule has 0 amide bonds. The molecule has 0 rings (SSSR count). The molecule has 0 aliphatic heterocycles. The molecule has 0 aliphatic carbocycles. The maximum Gasteiger partial charge on any atom is 0.222 e. The normalized spacial score (nSPS) is 12.0. The summed E-state index contributed by atoms with van der Waals surface area (Å²) >= 11 is 0. The van der Waals surface area contributed by atoms with Crippen LogP contribution in [0.15, 0.2) is 0 Å². The van der Waals surface area contributed by atoms with Crippen molar-refractivity contribution in [2.75, 3.05) is 6.54 Å². The van der Waals surface area contributed by atoms with Crippen molar-refractivity contribution in [1.29, 1.82) is 0 Å². The van der Waals surface area contributed by atoms with Crippen LogP contribution in [0.25, 0.3) is 0 Å². The minimum atomic E-state index is -1.66. The third-order valence-electron chi connectivity index (χ3n) is 1.43. The largest absolute Gasteiger partial charge is 0.353 e. The quantitative estimate of drug-likeness (QED) is 0.390. The van der Waals surface area contributed by atoms with Crippen LogP contribution < -0.4 is 5.32 Å². The van der Waals surface area contributed by atoms with Gasteiger partial charge in [-0.25, -0.2) is 0 Å². The second-order valence-electron chi connectivity index (χ2n) is 2.45. The maximum atomic E-state index is 8.99. The van der Waals surface area contributed by atoms with Crippen LogP contribution in [0.1, 0.15) is 33.1 Å². The van der Waals surface area contributed by atoms with E-state index in [9.17, 15) is 0 Å². The van der Waals surface area contributed by atoms with E-state index < -0.39 is 5.91 Å². The van der Waals surface area contributed by atoms with Gasteiger partial charge in [0.15, 0.2) is 0 Å². The van der Waals surface area contributed by atoms with Crippen molar-refractivity contribution in [3.63, 3.8) is 0 Å². The number of rotatable bonds is 5. The molecule has 0 aromatic rings. The smallest absolute Gasteiger partial charge is 0.222 e. The first kappa shape index (κ1) is 9.88. The van der Waals surface area contributed by atoms with E-state index in [4.69, 9.17) is 10.2 Å². The summed E-state index contributed by atoms with van der Waals surface area (Å²) in [7, 11) is 0. The Bertz CT molecular complexity index is 83.7. The lowest BCUT2D eigenvalue weighted by atomic mass is 10.3. The topological polar surface area (TPSA) is 52.5 Å². The van der Waals surface area contributed by atoms with Crippen molar-refractivity contribution < 1.29 is 10.2 Å². The van der Waals surface area contributed by atoms with Crippen LogP contribution in [-0.2, 0) is 0 Å². The van der Waals surface area contributed by atoms with Gasteiger partial charge in [-0.05, 0) is 6.42 Å². The lowest BCUT2D eigenvalue weighted by molar-refractivity contribution is -0.186. The van der Waals surface area contributed by atoms with Crippen molar-refractivity contribution in [3.05, 3.63) is 0 Å². The minimum absolute atomic E-state index is 0.316. The average Bonchev–Trinajstić information content (AvgIpc) is 1.89. The molecule has 0 saturated carbocycles. The van der Waals surface area contributed by atoms with E-state index in [2.05, 4.69) is 12.2 Å². The highest BCUT2D eigenvalue weighted by molar-refractivity contribution is 4.57.